The summed E-state index contributed by atoms with van der Waals surface area (Å²) in [5.74, 6) is -5.91. The lowest BCUT2D eigenvalue weighted by atomic mass is 9.84. The predicted octanol–water partition coefficient (Wildman–Crippen LogP) is 1.40. The first-order valence-corrected chi connectivity index (χ1v) is 15.3. The first-order chi connectivity index (χ1) is 23.6. The molecule has 0 bridgehead atoms. The Kier molecular flexibility index (Phi) is 14.0. The minimum absolute atomic E-state index is 0.0840. The van der Waals surface area contributed by atoms with E-state index in [0.29, 0.717) is 0 Å². The lowest BCUT2D eigenvalue weighted by molar-refractivity contribution is -0.318. The minimum atomic E-state index is -1.73. The number of nitrogens with zero attached hydrogens (tertiary/aromatic N) is 1. The molecule has 2 fully saturated rings. The van der Waals surface area contributed by atoms with Crippen molar-refractivity contribution >= 4 is 41.8 Å². The third-order valence-electron chi connectivity index (χ3n) is 7.15. The van der Waals surface area contributed by atoms with Crippen molar-refractivity contribution in [3.8, 4) is 6.07 Å². The van der Waals surface area contributed by atoms with Crippen LogP contribution in [0.2, 0.25) is 0 Å². The molecule has 0 N–H and O–H groups in total. The summed E-state index contributed by atoms with van der Waals surface area (Å²) in [6.45, 7) is 5.86. The molecular formula is C33H37NO16. The van der Waals surface area contributed by atoms with Gasteiger partial charge in [-0.25, -0.2) is 4.79 Å². The molecule has 17 nitrogen and oxygen atoms in total. The Balaban J connectivity index is 2.15. The third-order valence-corrected chi connectivity index (χ3v) is 7.15. The summed E-state index contributed by atoms with van der Waals surface area (Å²) < 4.78 is 50.4. The zero-order valence-corrected chi connectivity index (χ0v) is 28.1. The summed E-state index contributed by atoms with van der Waals surface area (Å²) in [5.41, 5.74) is 0.0105. The molecular weight excluding hydrogens is 666 g/mol. The maximum absolute atomic E-state index is 13.3. The van der Waals surface area contributed by atoms with Crippen molar-refractivity contribution in [1.82, 2.24) is 0 Å². The van der Waals surface area contributed by atoms with Gasteiger partial charge in [0, 0.05) is 59.6 Å². The van der Waals surface area contributed by atoms with Gasteiger partial charge >= 0.3 is 41.8 Å². The minimum Gasteiger partial charge on any atom is -0.463 e. The number of hydrogen-bond donors (Lipinski definition) is 0. The van der Waals surface area contributed by atoms with Crippen LogP contribution >= 0.6 is 0 Å². The van der Waals surface area contributed by atoms with Crippen molar-refractivity contribution in [3.63, 3.8) is 0 Å². The fourth-order valence-electron chi connectivity index (χ4n) is 5.44. The third kappa shape index (κ3) is 10.8. The van der Waals surface area contributed by atoms with Crippen LogP contribution in [-0.2, 0) is 71.4 Å². The van der Waals surface area contributed by atoms with Gasteiger partial charge < -0.3 is 42.6 Å². The van der Waals surface area contributed by atoms with Crippen LogP contribution in [0.15, 0.2) is 42.0 Å². The van der Waals surface area contributed by atoms with Crippen LogP contribution in [-0.4, -0.2) is 104 Å². The predicted molar refractivity (Wildman–Crippen MR) is 162 cm³/mol. The Labute approximate surface area is 286 Å². The van der Waals surface area contributed by atoms with Crippen molar-refractivity contribution in [2.24, 2.45) is 0 Å². The molecule has 270 valence electrons. The second-order valence-electron chi connectivity index (χ2n) is 11.1. The van der Waals surface area contributed by atoms with Crippen molar-refractivity contribution in [2.45, 2.75) is 103 Å². The van der Waals surface area contributed by atoms with E-state index in [-0.39, 0.29) is 17.6 Å². The van der Waals surface area contributed by atoms with E-state index in [2.05, 4.69) is 0 Å². The Hall–Kier alpha value is -5.34. The molecule has 9 unspecified atom stereocenters. The summed E-state index contributed by atoms with van der Waals surface area (Å²) in [7, 11) is 0. The monoisotopic (exact) mass is 703 g/mol. The molecule has 9 atom stereocenters. The standard InChI is InChI=1S/C33H37NO16/c1-16(35)42-15-26-29(45-19(4)38)30(46-20(5)39)31(47-21(6)40)33(49-26)48-24-14-25(43-17(2)36)28(44-18(3)37)27(23(24)12-13-34)50-32(41)22-10-8-7-9-11-22/h7-12,24-31,33H,14-15H2,1-6H3. The van der Waals surface area contributed by atoms with E-state index in [1.807, 2.05) is 6.07 Å². The van der Waals surface area contributed by atoms with Crippen LogP contribution in [0.3, 0.4) is 0 Å². The van der Waals surface area contributed by atoms with Gasteiger partial charge in [-0.2, -0.15) is 5.26 Å². The van der Waals surface area contributed by atoms with Crippen molar-refractivity contribution in [3.05, 3.63) is 47.5 Å². The number of benzene rings is 1. The number of hydrogen-bond acceptors (Lipinski definition) is 17. The molecule has 17 heteroatoms. The molecule has 1 heterocycles. The zero-order valence-electron chi connectivity index (χ0n) is 28.1. The first kappa shape index (κ1) is 39.1. The zero-order chi connectivity index (χ0) is 37.1. The van der Waals surface area contributed by atoms with Gasteiger partial charge in [0.1, 0.15) is 18.8 Å². The molecule has 0 spiro atoms. The topological polar surface area (TPSA) is 226 Å². The van der Waals surface area contributed by atoms with E-state index in [0.717, 1.165) is 47.6 Å². The molecule has 1 saturated heterocycles. The highest BCUT2D eigenvalue weighted by Crippen LogP contribution is 2.38. The number of nitriles is 1. The SMILES string of the molecule is CC(=O)OCC1OC(OC2CC(OC(C)=O)C(OC(C)=O)C(OC(=O)c3ccccc3)C2=CC#N)C(OC(C)=O)C(OC(C)=O)C1OC(C)=O. The molecule has 1 aliphatic heterocycles. The van der Waals surface area contributed by atoms with Crippen molar-refractivity contribution < 1.29 is 76.2 Å². The first-order valence-electron chi connectivity index (χ1n) is 15.3. The lowest BCUT2D eigenvalue weighted by Crippen LogP contribution is -2.64. The Morgan fingerprint density at radius 3 is 1.80 bits per heavy atom. The van der Waals surface area contributed by atoms with Gasteiger partial charge in [0.25, 0.3) is 0 Å². The van der Waals surface area contributed by atoms with Gasteiger partial charge in [0.2, 0.25) is 0 Å². The Bertz CT molecular complexity index is 1520. The summed E-state index contributed by atoms with van der Waals surface area (Å²) >= 11 is 0. The van der Waals surface area contributed by atoms with Crippen LogP contribution in [0, 0.1) is 11.3 Å². The molecule has 1 aliphatic carbocycles. The van der Waals surface area contributed by atoms with Crippen LogP contribution in [0.1, 0.15) is 58.3 Å². The lowest BCUT2D eigenvalue weighted by Gasteiger charge is -2.46. The second kappa shape index (κ2) is 17.9. The van der Waals surface area contributed by atoms with E-state index < -0.39 is 104 Å². The van der Waals surface area contributed by atoms with E-state index in [4.69, 9.17) is 42.6 Å². The molecule has 3 rings (SSSR count). The fraction of sp³-hybridized carbons (Fsp3) is 0.515. The quantitative estimate of drug-likeness (QED) is 0.180. The van der Waals surface area contributed by atoms with E-state index in [9.17, 15) is 38.8 Å². The molecule has 0 radical (unpaired) electrons. The molecule has 1 saturated carbocycles. The van der Waals surface area contributed by atoms with Crippen molar-refractivity contribution in [1.29, 1.82) is 5.26 Å². The van der Waals surface area contributed by atoms with Gasteiger partial charge in [-0.1, -0.05) is 18.2 Å². The number of ether oxygens (including phenoxy) is 9. The van der Waals surface area contributed by atoms with Crippen LogP contribution < -0.4 is 0 Å². The Morgan fingerprint density at radius 2 is 1.26 bits per heavy atom. The van der Waals surface area contributed by atoms with Gasteiger partial charge in [-0.15, -0.1) is 0 Å². The van der Waals surface area contributed by atoms with E-state index >= 15 is 0 Å². The molecule has 2 aliphatic rings. The number of carbonyl (C=O) groups is 7. The highest BCUT2D eigenvalue weighted by molar-refractivity contribution is 5.89. The number of allylic oxidation sites excluding steroid dienone is 1. The van der Waals surface area contributed by atoms with E-state index in [1.165, 1.54) is 12.1 Å². The van der Waals surface area contributed by atoms with Crippen LogP contribution in [0.4, 0.5) is 0 Å². The van der Waals surface area contributed by atoms with E-state index in [1.54, 1.807) is 18.2 Å². The molecule has 1 aromatic rings. The second-order valence-corrected chi connectivity index (χ2v) is 11.1. The average molecular weight is 704 g/mol. The van der Waals surface area contributed by atoms with Gasteiger partial charge in [-0.05, 0) is 12.1 Å². The fourth-order valence-corrected chi connectivity index (χ4v) is 5.44. The molecule has 0 aromatic heterocycles. The number of carbonyl (C=O) groups excluding carboxylic acids is 7. The summed E-state index contributed by atoms with van der Waals surface area (Å²) in [4.78, 5) is 86.2. The van der Waals surface area contributed by atoms with Crippen LogP contribution in [0.5, 0.6) is 0 Å². The molecule has 0 amide bonds. The van der Waals surface area contributed by atoms with Crippen molar-refractivity contribution in [2.75, 3.05) is 6.61 Å². The van der Waals surface area contributed by atoms with Gasteiger partial charge in [0.15, 0.2) is 36.8 Å². The largest absolute Gasteiger partial charge is 0.463 e. The highest BCUT2D eigenvalue weighted by Gasteiger charge is 2.55. The molecule has 50 heavy (non-hydrogen) atoms. The average Bonchev–Trinajstić information content (AvgIpc) is 3.01. The smallest absolute Gasteiger partial charge is 0.338 e. The maximum atomic E-state index is 13.3. The van der Waals surface area contributed by atoms with Crippen LogP contribution in [0.25, 0.3) is 0 Å². The normalized spacial score (nSPS) is 28.2. The van der Waals surface area contributed by atoms with Gasteiger partial charge in [-0.3, -0.25) is 28.8 Å². The highest BCUT2D eigenvalue weighted by atomic mass is 16.7. The maximum Gasteiger partial charge on any atom is 0.338 e. The summed E-state index contributed by atoms with van der Waals surface area (Å²) in [6.07, 6.45) is -12.9. The molecule has 1 aromatic carbocycles. The summed E-state index contributed by atoms with van der Waals surface area (Å²) in [5, 5.41) is 9.81. The summed E-state index contributed by atoms with van der Waals surface area (Å²) in [6, 6.07) is 9.55. The number of rotatable bonds is 11. The Morgan fingerprint density at radius 1 is 0.720 bits per heavy atom. The number of esters is 7. The van der Waals surface area contributed by atoms with Gasteiger partial charge in [0.05, 0.1) is 17.7 Å².